The van der Waals surface area contributed by atoms with Gasteiger partial charge in [-0.1, -0.05) is 17.7 Å². The lowest BCUT2D eigenvalue weighted by atomic mass is 9.92. The third kappa shape index (κ3) is 5.63. The maximum Gasteiger partial charge on any atom is 0.263 e. The van der Waals surface area contributed by atoms with Crippen molar-refractivity contribution in [2.45, 2.75) is 57.6 Å². The number of ether oxygens (including phenoxy) is 1. The third-order valence-electron chi connectivity index (χ3n) is 5.11. The van der Waals surface area contributed by atoms with Crippen LogP contribution in [-0.2, 0) is 9.59 Å². The number of halogens is 1. The van der Waals surface area contributed by atoms with E-state index in [4.69, 9.17) is 16.3 Å². The van der Waals surface area contributed by atoms with Gasteiger partial charge in [0.15, 0.2) is 6.10 Å². The lowest BCUT2D eigenvalue weighted by Gasteiger charge is -2.33. The standard InChI is InChI=1S/C20H27ClN2O3/c1-14(26-18-4-2-3-16(21)13-18)20(25)23-11-9-15(10-12-23)5-8-19(24)22-17-6-7-17/h2-4,13-15,17H,5-12H2,1H3,(H,22,24)/t14-/m0/s1. The smallest absolute Gasteiger partial charge is 0.263 e. The van der Waals surface area contributed by atoms with Crippen LogP contribution in [0.3, 0.4) is 0 Å². The molecule has 2 fully saturated rings. The predicted octanol–water partition coefficient (Wildman–Crippen LogP) is 3.40. The summed E-state index contributed by atoms with van der Waals surface area (Å²) in [6, 6.07) is 7.53. The summed E-state index contributed by atoms with van der Waals surface area (Å²) in [5.41, 5.74) is 0. The molecule has 142 valence electrons. The molecule has 0 bridgehead atoms. The van der Waals surface area contributed by atoms with Crippen LogP contribution < -0.4 is 10.1 Å². The van der Waals surface area contributed by atoms with Gasteiger partial charge < -0.3 is 15.0 Å². The minimum atomic E-state index is -0.533. The van der Waals surface area contributed by atoms with Gasteiger partial charge in [0.05, 0.1) is 0 Å². The fourth-order valence-corrected chi connectivity index (χ4v) is 3.54. The molecule has 0 spiro atoms. The minimum Gasteiger partial charge on any atom is -0.481 e. The summed E-state index contributed by atoms with van der Waals surface area (Å²) in [5, 5.41) is 3.62. The summed E-state index contributed by atoms with van der Waals surface area (Å²) in [5.74, 6) is 1.31. The number of nitrogens with zero attached hydrogens (tertiary/aromatic N) is 1. The molecule has 26 heavy (non-hydrogen) atoms. The number of benzene rings is 1. The average Bonchev–Trinajstić information content (AvgIpc) is 3.44. The van der Waals surface area contributed by atoms with Gasteiger partial charge in [-0.25, -0.2) is 0 Å². The average molecular weight is 379 g/mol. The molecule has 1 heterocycles. The quantitative estimate of drug-likeness (QED) is 0.791. The number of carbonyl (C=O) groups is 2. The molecule has 1 aliphatic heterocycles. The highest BCUT2D eigenvalue weighted by Gasteiger charge is 2.28. The maximum absolute atomic E-state index is 12.6. The summed E-state index contributed by atoms with van der Waals surface area (Å²) in [7, 11) is 0. The van der Waals surface area contributed by atoms with Crippen LogP contribution in [0.15, 0.2) is 24.3 Å². The molecule has 1 atom stereocenters. The van der Waals surface area contributed by atoms with Crippen molar-refractivity contribution in [2.24, 2.45) is 5.92 Å². The molecule has 5 nitrogen and oxygen atoms in total. The molecule has 1 aromatic carbocycles. The van der Waals surface area contributed by atoms with Crippen molar-refractivity contribution in [1.82, 2.24) is 10.2 Å². The molecule has 1 N–H and O–H groups in total. The van der Waals surface area contributed by atoms with Crippen molar-refractivity contribution in [2.75, 3.05) is 13.1 Å². The number of hydrogen-bond acceptors (Lipinski definition) is 3. The van der Waals surface area contributed by atoms with Crippen LogP contribution in [0.25, 0.3) is 0 Å². The Labute approximate surface area is 160 Å². The van der Waals surface area contributed by atoms with Crippen molar-refractivity contribution in [1.29, 1.82) is 0 Å². The number of rotatable bonds is 7. The molecule has 3 rings (SSSR count). The Morgan fingerprint density at radius 2 is 2.00 bits per heavy atom. The van der Waals surface area contributed by atoms with Gasteiger partial charge in [-0.15, -0.1) is 0 Å². The molecular weight excluding hydrogens is 352 g/mol. The van der Waals surface area contributed by atoms with Crippen molar-refractivity contribution in [3.8, 4) is 5.75 Å². The monoisotopic (exact) mass is 378 g/mol. The lowest BCUT2D eigenvalue weighted by Crippen LogP contribution is -2.44. The zero-order valence-electron chi connectivity index (χ0n) is 15.2. The Morgan fingerprint density at radius 1 is 1.27 bits per heavy atom. The van der Waals surface area contributed by atoms with E-state index in [1.807, 2.05) is 4.90 Å². The topological polar surface area (TPSA) is 58.6 Å². The molecule has 1 aliphatic carbocycles. The molecule has 2 amide bonds. The van der Waals surface area contributed by atoms with E-state index in [2.05, 4.69) is 5.32 Å². The second-order valence-corrected chi connectivity index (χ2v) is 7.80. The highest BCUT2D eigenvalue weighted by atomic mass is 35.5. The molecule has 1 saturated heterocycles. The van der Waals surface area contributed by atoms with Gasteiger partial charge in [0.25, 0.3) is 5.91 Å². The van der Waals surface area contributed by atoms with Crippen LogP contribution in [0.1, 0.15) is 45.4 Å². The van der Waals surface area contributed by atoms with Gasteiger partial charge in [0.2, 0.25) is 5.91 Å². The molecule has 1 saturated carbocycles. The fraction of sp³-hybridized carbons (Fsp3) is 0.600. The van der Waals surface area contributed by atoms with Crippen LogP contribution in [0.2, 0.25) is 5.02 Å². The first-order valence-corrected chi connectivity index (χ1v) is 9.89. The van der Waals surface area contributed by atoms with Gasteiger partial charge in [0, 0.05) is 30.6 Å². The summed E-state index contributed by atoms with van der Waals surface area (Å²) < 4.78 is 5.73. The zero-order valence-corrected chi connectivity index (χ0v) is 16.0. The normalized spacial score (nSPS) is 19.1. The molecule has 2 aliphatic rings. The van der Waals surface area contributed by atoms with E-state index in [-0.39, 0.29) is 11.8 Å². The Balaban J connectivity index is 1.39. The van der Waals surface area contributed by atoms with Gasteiger partial charge in [-0.05, 0) is 63.1 Å². The highest BCUT2D eigenvalue weighted by Crippen LogP contribution is 2.24. The van der Waals surface area contributed by atoms with E-state index in [0.29, 0.717) is 29.2 Å². The first kappa shape index (κ1) is 19.0. The van der Waals surface area contributed by atoms with E-state index in [1.54, 1.807) is 31.2 Å². The van der Waals surface area contributed by atoms with E-state index in [1.165, 1.54) is 0 Å². The second-order valence-electron chi connectivity index (χ2n) is 7.37. The number of piperidine rings is 1. The molecular formula is C20H27ClN2O3. The molecule has 6 heteroatoms. The number of amides is 2. The SMILES string of the molecule is C[C@H](Oc1cccc(Cl)c1)C(=O)N1CCC(CCC(=O)NC2CC2)CC1. The van der Waals surface area contributed by atoms with Gasteiger partial charge in [0.1, 0.15) is 5.75 Å². The number of likely N-dealkylation sites (tertiary alicyclic amines) is 1. The van der Waals surface area contributed by atoms with E-state index in [0.717, 1.165) is 45.2 Å². The highest BCUT2D eigenvalue weighted by molar-refractivity contribution is 6.30. The number of hydrogen-bond donors (Lipinski definition) is 1. The van der Waals surface area contributed by atoms with Crippen LogP contribution in [0, 0.1) is 5.92 Å². The van der Waals surface area contributed by atoms with Crippen LogP contribution in [0.4, 0.5) is 0 Å². The minimum absolute atomic E-state index is 0.00917. The summed E-state index contributed by atoms with van der Waals surface area (Å²) in [6.07, 6.45) is 5.13. The van der Waals surface area contributed by atoms with Crippen LogP contribution in [0.5, 0.6) is 5.75 Å². The molecule has 1 aromatic rings. The Hall–Kier alpha value is -1.75. The Bertz CT molecular complexity index is 640. The Morgan fingerprint density at radius 3 is 2.65 bits per heavy atom. The zero-order chi connectivity index (χ0) is 18.5. The second kappa shape index (κ2) is 8.76. The van der Waals surface area contributed by atoms with Crippen molar-refractivity contribution >= 4 is 23.4 Å². The van der Waals surface area contributed by atoms with E-state index < -0.39 is 6.10 Å². The molecule has 0 radical (unpaired) electrons. The molecule has 0 aromatic heterocycles. The predicted molar refractivity (Wildman–Crippen MR) is 101 cm³/mol. The fourth-order valence-electron chi connectivity index (χ4n) is 3.36. The Kier molecular flexibility index (Phi) is 6.41. The maximum atomic E-state index is 12.6. The van der Waals surface area contributed by atoms with Gasteiger partial charge in [-0.2, -0.15) is 0 Å². The first-order valence-electron chi connectivity index (χ1n) is 9.51. The van der Waals surface area contributed by atoms with E-state index in [9.17, 15) is 9.59 Å². The largest absolute Gasteiger partial charge is 0.481 e. The molecule has 0 unspecified atom stereocenters. The number of carbonyl (C=O) groups excluding carboxylic acids is 2. The summed E-state index contributed by atoms with van der Waals surface area (Å²) >= 11 is 5.95. The lowest BCUT2D eigenvalue weighted by molar-refractivity contribution is -0.139. The van der Waals surface area contributed by atoms with Crippen molar-refractivity contribution < 1.29 is 14.3 Å². The third-order valence-corrected chi connectivity index (χ3v) is 5.34. The van der Waals surface area contributed by atoms with Gasteiger partial charge >= 0.3 is 0 Å². The number of nitrogens with one attached hydrogen (secondary N) is 1. The van der Waals surface area contributed by atoms with Crippen LogP contribution >= 0.6 is 11.6 Å². The van der Waals surface area contributed by atoms with Crippen molar-refractivity contribution in [3.05, 3.63) is 29.3 Å². The first-order chi connectivity index (χ1) is 12.5. The summed E-state index contributed by atoms with van der Waals surface area (Å²) in [6.45, 7) is 3.24. The van der Waals surface area contributed by atoms with Gasteiger partial charge in [-0.3, -0.25) is 9.59 Å². The van der Waals surface area contributed by atoms with Crippen molar-refractivity contribution in [3.63, 3.8) is 0 Å². The summed E-state index contributed by atoms with van der Waals surface area (Å²) in [4.78, 5) is 26.3. The van der Waals surface area contributed by atoms with E-state index >= 15 is 0 Å². The van der Waals surface area contributed by atoms with Crippen LogP contribution in [-0.4, -0.2) is 41.9 Å².